The van der Waals surface area contributed by atoms with Crippen molar-refractivity contribution in [3.8, 4) is 11.1 Å². The number of halogens is 1. The van der Waals surface area contributed by atoms with Gasteiger partial charge >= 0.3 is 0 Å². The molecule has 114 valence electrons. The van der Waals surface area contributed by atoms with Gasteiger partial charge in [0.2, 0.25) is 0 Å². The molecule has 6 heteroatoms. The van der Waals surface area contributed by atoms with Gasteiger partial charge in [-0.25, -0.2) is 4.98 Å². The molecule has 5 nitrogen and oxygen atoms in total. The Kier molecular flexibility index (Phi) is 2.59. The summed E-state index contributed by atoms with van der Waals surface area (Å²) < 4.78 is 0. The predicted octanol–water partition coefficient (Wildman–Crippen LogP) is 3.69. The molecular formula is C17H14ClN5. The van der Waals surface area contributed by atoms with Crippen molar-refractivity contribution >= 4 is 28.5 Å². The molecule has 3 aromatic rings. The number of hydrogen-bond acceptors (Lipinski definition) is 4. The highest BCUT2D eigenvalue weighted by Gasteiger charge is 2.42. The van der Waals surface area contributed by atoms with Crippen LogP contribution in [0.1, 0.15) is 18.4 Å². The molecule has 5 rings (SSSR count). The fourth-order valence-corrected chi connectivity index (χ4v) is 4.16. The van der Waals surface area contributed by atoms with Gasteiger partial charge in [0.15, 0.2) is 0 Å². The normalized spacial score (nSPS) is 17.8. The maximum Gasteiger partial charge on any atom is 0.131 e. The Morgan fingerprint density at radius 1 is 1.17 bits per heavy atom. The van der Waals surface area contributed by atoms with Crippen molar-refractivity contribution in [1.29, 1.82) is 0 Å². The third-order valence-electron chi connectivity index (χ3n) is 4.96. The van der Waals surface area contributed by atoms with Crippen LogP contribution in [0.25, 0.3) is 22.2 Å². The van der Waals surface area contributed by atoms with E-state index in [9.17, 15) is 0 Å². The average Bonchev–Trinajstić information content (AvgIpc) is 3.29. The summed E-state index contributed by atoms with van der Waals surface area (Å²) in [7, 11) is 0. The summed E-state index contributed by atoms with van der Waals surface area (Å²) in [6, 6.07) is 5.99. The maximum absolute atomic E-state index is 6.83. The van der Waals surface area contributed by atoms with Gasteiger partial charge in [0.05, 0.1) is 10.5 Å². The number of hydrogen-bond donors (Lipinski definition) is 2. The average molecular weight is 324 g/mol. The lowest BCUT2D eigenvalue weighted by Crippen LogP contribution is -2.25. The Morgan fingerprint density at radius 3 is 2.91 bits per heavy atom. The maximum atomic E-state index is 6.83. The number of pyridine rings is 1. The van der Waals surface area contributed by atoms with Crippen LogP contribution in [-0.2, 0) is 5.41 Å². The van der Waals surface area contributed by atoms with E-state index in [1.54, 1.807) is 0 Å². The summed E-state index contributed by atoms with van der Waals surface area (Å²) in [4.78, 5) is 4.62. The van der Waals surface area contributed by atoms with Gasteiger partial charge < -0.3 is 5.32 Å². The smallest absolute Gasteiger partial charge is 0.131 e. The van der Waals surface area contributed by atoms with Crippen molar-refractivity contribution < 1.29 is 0 Å². The number of nitrogens with zero attached hydrogens (tertiary/aromatic N) is 3. The van der Waals surface area contributed by atoms with E-state index in [0.717, 1.165) is 58.0 Å². The third kappa shape index (κ3) is 1.77. The van der Waals surface area contributed by atoms with Crippen LogP contribution in [0.5, 0.6) is 0 Å². The first-order valence-electron chi connectivity index (χ1n) is 7.66. The lowest BCUT2D eigenvalue weighted by molar-refractivity contribution is 0.509. The van der Waals surface area contributed by atoms with E-state index in [4.69, 9.17) is 11.6 Å². The summed E-state index contributed by atoms with van der Waals surface area (Å²) in [5.74, 6) is 0.921. The first-order chi connectivity index (χ1) is 11.3. The molecule has 0 unspecified atom stereocenters. The van der Waals surface area contributed by atoms with E-state index in [-0.39, 0.29) is 5.41 Å². The highest BCUT2D eigenvalue weighted by molar-refractivity contribution is 6.34. The molecule has 0 radical (unpaired) electrons. The zero-order valence-electron chi connectivity index (χ0n) is 12.3. The zero-order chi connectivity index (χ0) is 15.4. The zero-order valence-corrected chi connectivity index (χ0v) is 13.1. The molecule has 23 heavy (non-hydrogen) atoms. The second-order valence-corrected chi connectivity index (χ2v) is 6.64. The summed E-state index contributed by atoms with van der Waals surface area (Å²) in [6.45, 7) is 0.897. The van der Waals surface area contributed by atoms with Crippen molar-refractivity contribution in [2.24, 2.45) is 0 Å². The van der Waals surface area contributed by atoms with Crippen molar-refractivity contribution in [2.45, 2.75) is 18.3 Å². The third-order valence-corrected chi connectivity index (χ3v) is 5.35. The first kappa shape index (κ1) is 13.1. The fourth-order valence-electron chi connectivity index (χ4n) is 3.71. The number of benzene rings is 1. The number of nitrogens with one attached hydrogen (secondary N) is 2. The molecule has 1 aliphatic carbocycles. The molecule has 0 saturated heterocycles. The molecule has 0 amide bonds. The van der Waals surface area contributed by atoms with Crippen molar-refractivity contribution in [2.75, 3.05) is 11.9 Å². The molecule has 0 saturated carbocycles. The molecule has 3 heterocycles. The minimum Gasteiger partial charge on any atom is -0.369 e. The fraction of sp³-hybridized carbons (Fsp3) is 0.235. The van der Waals surface area contributed by atoms with Gasteiger partial charge in [0, 0.05) is 29.3 Å². The first-order valence-corrected chi connectivity index (χ1v) is 8.04. The standard InChI is InChI=1S/C17H14ClN5/c18-15-11(10-3-4-12-13(7-10)22-23-21-12)8-19-16-14(15)17(9-20-16)5-1-2-6-17/h1-4,7-8H,5-6,9H2,(H,19,20)(H,21,22,23). The van der Waals surface area contributed by atoms with Gasteiger partial charge in [-0.3, -0.25) is 5.10 Å². The highest BCUT2D eigenvalue weighted by Crippen LogP contribution is 2.49. The Balaban J connectivity index is 1.70. The van der Waals surface area contributed by atoms with Crippen LogP contribution in [0.3, 0.4) is 0 Å². The summed E-state index contributed by atoms with van der Waals surface area (Å²) in [5.41, 5.74) is 4.92. The van der Waals surface area contributed by atoms with Gasteiger partial charge in [-0.15, -0.1) is 5.10 Å². The van der Waals surface area contributed by atoms with Gasteiger partial charge in [-0.2, -0.15) is 0 Å². The molecule has 2 aliphatic rings. The van der Waals surface area contributed by atoms with Crippen LogP contribution in [0.2, 0.25) is 5.02 Å². The molecule has 1 spiro atoms. The van der Waals surface area contributed by atoms with Gasteiger partial charge in [0.25, 0.3) is 0 Å². The van der Waals surface area contributed by atoms with Crippen LogP contribution < -0.4 is 5.32 Å². The number of aromatic amines is 1. The van der Waals surface area contributed by atoms with E-state index in [1.807, 2.05) is 24.4 Å². The number of H-pyrrole nitrogens is 1. The topological polar surface area (TPSA) is 66.5 Å². The number of allylic oxidation sites excluding steroid dienone is 2. The van der Waals surface area contributed by atoms with E-state index < -0.39 is 0 Å². The molecule has 0 atom stereocenters. The Hall–Kier alpha value is -2.40. The number of rotatable bonds is 1. The van der Waals surface area contributed by atoms with Crippen LogP contribution in [-0.4, -0.2) is 26.9 Å². The Morgan fingerprint density at radius 2 is 2.04 bits per heavy atom. The Labute approximate surface area is 137 Å². The van der Waals surface area contributed by atoms with E-state index in [0.29, 0.717) is 0 Å². The monoisotopic (exact) mass is 323 g/mol. The Bertz CT molecular complexity index is 951. The second-order valence-electron chi connectivity index (χ2n) is 6.27. The largest absolute Gasteiger partial charge is 0.369 e. The van der Waals surface area contributed by atoms with Crippen LogP contribution in [0.15, 0.2) is 36.5 Å². The second kappa shape index (κ2) is 4.55. The molecule has 2 N–H and O–H groups in total. The minimum absolute atomic E-state index is 0.0629. The van der Waals surface area contributed by atoms with E-state index in [1.165, 1.54) is 0 Å². The minimum atomic E-state index is 0.0629. The highest BCUT2D eigenvalue weighted by atomic mass is 35.5. The molecule has 0 bridgehead atoms. The van der Waals surface area contributed by atoms with Crippen LogP contribution in [0.4, 0.5) is 5.82 Å². The number of aromatic nitrogens is 4. The SMILES string of the molecule is Clc1c(-c2ccc3[nH]nnc3c2)cnc2c1C1(CC=CC1)CN2. The molecule has 2 aromatic heterocycles. The summed E-state index contributed by atoms with van der Waals surface area (Å²) >= 11 is 6.83. The van der Waals surface area contributed by atoms with E-state index in [2.05, 4.69) is 37.9 Å². The summed E-state index contributed by atoms with van der Waals surface area (Å²) in [6.07, 6.45) is 8.35. The molecule has 1 aromatic carbocycles. The van der Waals surface area contributed by atoms with Gasteiger partial charge in [0.1, 0.15) is 11.3 Å². The van der Waals surface area contributed by atoms with Crippen LogP contribution in [0, 0.1) is 0 Å². The van der Waals surface area contributed by atoms with Crippen LogP contribution >= 0.6 is 11.6 Å². The quantitative estimate of drug-likeness (QED) is 0.670. The lowest BCUT2D eigenvalue weighted by atomic mass is 9.80. The molecule has 1 aliphatic heterocycles. The number of fused-ring (bicyclic) bond motifs is 3. The molecule has 0 fully saturated rings. The lowest BCUT2D eigenvalue weighted by Gasteiger charge is -2.24. The van der Waals surface area contributed by atoms with Crippen molar-refractivity contribution in [3.63, 3.8) is 0 Å². The predicted molar refractivity (Wildman–Crippen MR) is 90.7 cm³/mol. The summed E-state index contributed by atoms with van der Waals surface area (Å²) in [5, 5.41) is 15.0. The van der Waals surface area contributed by atoms with Gasteiger partial charge in [-0.05, 0) is 30.5 Å². The van der Waals surface area contributed by atoms with Crippen molar-refractivity contribution in [1.82, 2.24) is 20.4 Å². The van der Waals surface area contributed by atoms with Crippen molar-refractivity contribution in [3.05, 3.63) is 47.1 Å². The van der Waals surface area contributed by atoms with Gasteiger partial charge in [-0.1, -0.05) is 35.0 Å². The number of anilines is 1. The van der Waals surface area contributed by atoms with E-state index >= 15 is 0 Å². The molecular weight excluding hydrogens is 310 g/mol.